The molecule has 0 saturated carbocycles. The summed E-state index contributed by atoms with van der Waals surface area (Å²) in [5, 5.41) is 11.3. The minimum absolute atomic E-state index is 0.0668. The van der Waals surface area contributed by atoms with Crippen molar-refractivity contribution in [2.45, 2.75) is 129 Å². The summed E-state index contributed by atoms with van der Waals surface area (Å²) in [6.07, 6.45) is 6.69. The summed E-state index contributed by atoms with van der Waals surface area (Å²) in [7, 11) is 0. The van der Waals surface area contributed by atoms with Gasteiger partial charge in [-0.05, 0) is 49.9 Å². The molecule has 4 atom stereocenters. The topological polar surface area (TPSA) is 172 Å². The van der Waals surface area contributed by atoms with Crippen molar-refractivity contribution in [2.24, 2.45) is 17.2 Å². The molecule has 0 saturated heterocycles. The maximum absolute atomic E-state index is 11.3. The van der Waals surface area contributed by atoms with Gasteiger partial charge in [-0.3, -0.25) is 0 Å². The van der Waals surface area contributed by atoms with Crippen molar-refractivity contribution < 1.29 is 43.0 Å². The molecule has 9 rings (SSSR count). The molecule has 12 nitrogen and oxygen atoms in total. The summed E-state index contributed by atoms with van der Waals surface area (Å²) < 4.78 is 53.1. The molecule has 0 spiro atoms. The van der Waals surface area contributed by atoms with E-state index in [-0.39, 0.29) is 77.1 Å². The largest absolute Gasteiger partial charge is 0.457 e. The van der Waals surface area contributed by atoms with Crippen LogP contribution in [0.4, 0.5) is 0 Å². The number of rotatable bonds is 12. The zero-order valence-electron chi connectivity index (χ0n) is 35.4. The summed E-state index contributed by atoms with van der Waals surface area (Å²) in [5.74, 6) is 4.48. The summed E-state index contributed by atoms with van der Waals surface area (Å²) in [6.45, 7) is 8.68. The van der Waals surface area contributed by atoms with Crippen molar-refractivity contribution in [2.75, 3.05) is 27.2 Å². The Morgan fingerprint density at radius 3 is 0.750 bits per heavy atom. The molecule has 7 N–H and O–H groups in total. The van der Waals surface area contributed by atoms with Crippen LogP contribution in [0, 0.1) is 0 Å². The Bertz CT molecular complexity index is 1850. The molecule has 60 heavy (non-hydrogen) atoms. The average molecular weight is 822 g/mol. The first-order valence-electron chi connectivity index (χ1n) is 22.0. The fraction of sp³-hybridized carbons (Fsp3) is 0.500. The number of aliphatic hydroxyl groups excluding tert-OH is 1. The van der Waals surface area contributed by atoms with E-state index in [1.807, 2.05) is 0 Å². The summed E-state index contributed by atoms with van der Waals surface area (Å²) >= 11 is 0. The maximum Gasteiger partial charge on any atom is 0.230 e. The van der Waals surface area contributed by atoms with Crippen LogP contribution in [0.25, 0.3) is 0 Å². The Labute approximate surface area is 352 Å². The predicted molar refractivity (Wildman–Crippen MR) is 227 cm³/mol. The highest BCUT2D eigenvalue weighted by molar-refractivity contribution is 5.69. The van der Waals surface area contributed by atoms with Gasteiger partial charge in [0.15, 0.2) is 0 Å². The second-order valence-corrected chi connectivity index (χ2v) is 16.5. The van der Waals surface area contributed by atoms with E-state index < -0.39 is 0 Å². The number of hydrogen-bond donors (Lipinski definition) is 4. The van der Waals surface area contributed by atoms with E-state index in [2.05, 4.69) is 52.0 Å². The van der Waals surface area contributed by atoms with Crippen molar-refractivity contribution in [1.29, 1.82) is 0 Å². The van der Waals surface area contributed by atoms with Gasteiger partial charge >= 0.3 is 0 Å². The van der Waals surface area contributed by atoms with E-state index >= 15 is 0 Å². The molecule has 0 radical (unpaired) electrons. The van der Waals surface area contributed by atoms with E-state index in [1.165, 1.54) is 0 Å². The monoisotopic (exact) mass is 821 g/mol. The first-order valence-corrected chi connectivity index (χ1v) is 22.0. The van der Waals surface area contributed by atoms with Crippen LogP contribution in [0.15, 0.2) is 24.3 Å². The van der Waals surface area contributed by atoms with Gasteiger partial charge in [-0.2, -0.15) is 0 Å². The third-order valence-corrected chi connectivity index (χ3v) is 13.2. The zero-order chi connectivity index (χ0) is 41.7. The van der Waals surface area contributed by atoms with Crippen LogP contribution >= 0.6 is 0 Å². The minimum Gasteiger partial charge on any atom is -0.457 e. The van der Waals surface area contributed by atoms with Crippen molar-refractivity contribution in [3.05, 3.63) is 91.0 Å². The van der Waals surface area contributed by atoms with Gasteiger partial charge in [0, 0.05) is 87.8 Å². The molecule has 4 heterocycles. The number of aliphatic hydroxyl groups is 1. The van der Waals surface area contributed by atoms with Crippen LogP contribution in [0.1, 0.15) is 169 Å². The number of ether oxygens (including phenoxy) is 8. The number of hydrogen-bond acceptors (Lipinski definition) is 12. The van der Waals surface area contributed by atoms with Gasteiger partial charge in [0.25, 0.3) is 0 Å². The minimum atomic E-state index is -0.304. The molecule has 4 unspecified atom stereocenters. The van der Waals surface area contributed by atoms with E-state index in [4.69, 9.17) is 55.1 Å². The van der Waals surface area contributed by atoms with Crippen LogP contribution in [-0.4, -0.2) is 32.3 Å². The van der Waals surface area contributed by atoms with Crippen molar-refractivity contribution >= 4 is 0 Å². The van der Waals surface area contributed by atoms with Crippen LogP contribution in [0.5, 0.6) is 46.0 Å². The van der Waals surface area contributed by atoms with Crippen LogP contribution in [0.3, 0.4) is 0 Å². The third kappa shape index (κ3) is 6.32. The molecule has 5 aliphatic rings. The molecule has 1 aliphatic carbocycles. The van der Waals surface area contributed by atoms with Gasteiger partial charge in [0.2, 0.25) is 27.2 Å². The van der Waals surface area contributed by atoms with Gasteiger partial charge in [0.05, 0.1) is 28.9 Å². The highest BCUT2D eigenvalue weighted by Gasteiger charge is 2.40. The zero-order valence-corrected chi connectivity index (χ0v) is 35.4. The van der Waals surface area contributed by atoms with E-state index in [0.717, 1.165) is 113 Å². The van der Waals surface area contributed by atoms with E-state index in [9.17, 15) is 5.11 Å². The summed E-state index contributed by atoms with van der Waals surface area (Å²) in [5.41, 5.74) is 31.2. The number of benzene rings is 4. The Kier molecular flexibility index (Phi) is 11.4. The molecule has 4 aromatic rings. The molecule has 0 fully saturated rings. The highest BCUT2D eigenvalue weighted by Crippen LogP contribution is 2.58. The molecule has 0 amide bonds. The normalized spacial score (nSPS) is 20.3. The molecule has 12 heteroatoms. The molecule has 320 valence electrons. The van der Waals surface area contributed by atoms with E-state index in [0.29, 0.717) is 51.6 Å². The third-order valence-electron chi connectivity index (χ3n) is 13.2. The fourth-order valence-electron chi connectivity index (χ4n) is 10.8. The summed E-state index contributed by atoms with van der Waals surface area (Å²) in [4.78, 5) is 0. The van der Waals surface area contributed by atoms with Gasteiger partial charge in [-0.1, -0.05) is 53.4 Å². The van der Waals surface area contributed by atoms with Crippen molar-refractivity contribution in [1.82, 2.24) is 0 Å². The SMILES string of the molecule is CCCC1c2cc3c4c(CN)c2OCOc2c1cc1c(c2CN)OCOc2c(cc5c(c2CO)OCOc2c(cc(c(c2CN)OCO4)C3CCC)C5CCC)C1CCC. The Balaban J connectivity index is 1.50. The second-order valence-electron chi connectivity index (χ2n) is 16.5. The Hall–Kier alpha value is -4.88. The quantitative estimate of drug-likeness (QED) is 0.108. The van der Waals surface area contributed by atoms with Gasteiger partial charge < -0.3 is 60.2 Å². The number of nitrogens with two attached hydrogens (primary N) is 3. The lowest BCUT2D eigenvalue weighted by Gasteiger charge is -2.37. The second kappa shape index (κ2) is 16.9. The first-order chi connectivity index (χ1) is 29.5. The van der Waals surface area contributed by atoms with Gasteiger partial charge in [0.1, 0.15) is 46.0 Å². The highest BCUT2D eigenvalue weighted by atomic mass is 16.7. The van der Waals surface area contributed by atoms with Crippen LogP contribution in [0.2, 0.25) is 0 Å². The van der Waals surface area contributed by atoms with Crippen LogP contribution in [-0.2, 0) is 26.2 Å². The maximum atomic E-state index is 11.3. The smallest absolute Gasteiger partial charge is 0.230 e. The molecule has 8 bridgehead atoms. The molecule has 4 aliphatic heterocycles. The standard InChI is InChI=1S/C48H59N3O9/c1-5-9-25-29-13-30-26(10-6-2)32-15-34-28(12-8-4)36-16-35-27(11-7-3)33-14-31(25)43-38(18-50)45(33)57-23-59-47(35)40(20-52)48(36)60-24-58-46(34)39(19-51)44(32)56-22-54-42(30)37(17-49)41(29)53-21-55-43/h13-16,25-28,52H,5-12,17-24,49-51H2,1-4H3. The van der Waals surface area contributed by atoms with Crippen molar-refractivity contribution in [3.8, 4) is 46.0 Å². The molecular weight excluding hydrogens is 763 g/mol. The van der Waals surface area contributed by atoms with Crippen molar-refractivity contribution in [3.63, 3.8) is 0 Å². The van der Waals surface area contributed by atoms with Crippen LogP contribution < -0.4 is 55.1 Å². The van der Waals surface area contributed by atoms with Gasteiger partial charge in [-0.25, -0.2) is 0 Å². The lowest BCUT2D eigenvalue weighted by atomic mass is 9.74. The fourth-order valence-corrected chi connectivity index (χ4v) is 10.8. The first kappa shape index (κ1) is 40.5. The predicted octanol–water partition coefficient (Wildman–Crippen LogP) is 8.51. The average Bonchev–Trinajstić information content (AvgIpc) is 3.24. The molecule has 0 aromatic heterocycles. The Morgan fingerprint density at radius 2 is 0.583 bits per heavy atom. The lowest BCUT2D eigenvalue weighted by molar-refractivity contribution is 0.0927. The molecule has 4 aromatic carbocycles. The van der Waals surface area contributed by atoms with E-state index in [1.54, 1.807) is 0 Å². The Morgan fingerprint density at radius 1 is 0.383 bits per heavy atom. The van der Waals surface area contributed by atoms with Gasteiger partial charge in [-0.15, -0.1) is 0 Å². The summed E-state index contributed by atoms with van der Waals surface area (Å²) in [6, 6.07) is 9.17. The lowest BCUT2D eigenvalue weighted by Crippen LogP contribution is -2.26. The molecular formula is C48H59N3O9.